The number of ketones is 1. The number of carbonyl (C=O) groups is 2. The van der Waals surface area contributed by atoms with Crippen LogP contribution in [0.3, 0.4) is 0 Å². The number of carbonyl (C=O) groups excluding carboxylic acids is 2. The molecule has 0 saturated heterocycles. The predicted octanol–water partition coefficient (Wildman–Crippen LogP) is 3.77. The Morgan fingerprint density at radius 3 is 2.72 bits per heavy atom. The van der Waals surface area contributed by atoms with Crippen LogP contribution in [0.4, 0.5) is 5.69 Å². The van der Waals surface area contributed by atoms with Gasteiger partial charge < -0.3 is 9.73 Å². The SMILES string of the molecule is O=C1Nc2ccc(Br)cc2/C1=C/C(=O)c1cc2ccccc2oc1=O. The van der Waals surface area contributed by atoms with E-state index in [9.17, 15) is 14.4 Å². The summed E-state index contributed by atoms with van der Waals surface area (Å²) in [6.07, 6.45) is 1.18. The van der Waals surface area contributed by atoms with Crippen LogP contribution in [0, 0.1) is 0 Å². The second-order valence-electron chi connectivity index (χ2n) is 5.55. The van der Waals surface area contributed by atoms with E-state index < -0.39 is 11.4 Å². The molecule has 5 nitrogen and oxygen atoms in total. The molecule has 0 bridgehead atoms. The number of hydrogen-bond acceptors (Lipinski definition) is 4. The third-order valence-electron chi connectivity index (χ3n) is 3.95. The van der Waals surface area contributed by atoms with Crippen LogP contribution in [-0.4, -0.2) is 11.7 Å². The van der Waals surface area contributed by atoms with Crippen molar-refractivity contribution in [1.82, 2.24) is 0 Å². The van der Waals surface area contributed by atoms with Crippen molar-refractivity contribution in [2.45, 2.75) is 0 Å². The monoisotopic (exact) mass is 395 g/mol. The van der Waals surface area contributed by atoms with Crippen LogP contribution in [0.2, 0.25) is 0 Å². The number of allylic oxidation sites excluding steroid dienone is 1. The minimum Gasteiger partial charge on any atom is -0.422 e. The first-order valence-electron chi connectivity index (χ1n) is 7.43. The molecule has 2 aromatic carbocycles. The maximum atomic E-state index is 12.6. The third kappa shape index (κ3) is 2.70. The normalized spacial score (nSPS) is 14.6. The minimum absolute atomic E-state index is 0.109. The molecule has 1 N–H and O–H groups in total. The van der Waals surface area contributed by atoms with Gasteiger partial charge in [-0.05, 0) is 36.4 Å². The van der Waals surface area contributed by atoms with Crippen molar-refractivity contribution in [1.29, 1.82) is 0 Å². The number of benzene rings is 2. The van der Waals surface area contributed by atoms with E-state index in [0.717, 1.165) is 4.47 Å². The van der Waals surface area contributed by atoms with E-state index in [-0.39, 0.29) is 17.0 Å². The molecule has 0 spiro atoms. The first kappa shape index (κ1) is 15.5. The predicted molar refractivity (Wildman–Crippen MR) is 97.6 cm³/mol. The van der Waals surface area contributed by atoms with Crippen LogP contribution in [0.5, 0.6) is 0 Å². The van der Waals surface area contributed by atoms with Gasteiger partial charge in [0.15, 0.2) is 5.78 Å². The molecule has 2 heterocycles. The summed E-state index contributed by atoms with van der Waals surface area (Å²) in [4.78, 5) is 36.8. The molecule has 0 atom stereocenters. The fourth-order valence-corrected chi connectivity index (χ4v) is 3.11. The molecular weight excluding hydrogens is 386 g/mol. The largest absolute Gasteiger partial charge is 0.422 e. The highest BCUT2D eigenvalue weighted by Gasteiger charge is 2.26. The summed E-state index contributed by atoms with van der Waals surface area (Å²) in [5.41, 5.74) is 1.02. The van der Waals surface area contributed by atoms with Gasteiger partial charge in [-0.3, -0.25) is 9.59 Å². The van der Waals surface area contributed by atoms with E-state index in [4.69, 9.17) is 4.42 Å². The summed E-state index contributed by atoms with van der Waals surface area (Å²) in [6, 6.07) is 13.7. The van der Waals surface area contributed by atoms with Gasteiger partial charge in [-0.15, -0.1) is 0 Å². The highest BCUT2D eigenvalue weighted by atomic mass is 79.9. The first-order valence-corrected chi connectivity index (χ1v) is 8.22. The van der Waals surface area contributed by atoms with Crippen molar-refractivity contribution in [2.24, 2.45) is 0 Å². The Hall–Kier alpha value is -2.99. The zero-order chi connectivity index (χ0) is 17.6. The van der Waals surface area contributed by atoms with Crippen LogP contribution in [0.25, 0.3) is 16.5 Å². The molecule has 0 unspecified atom stereocenters. The van der Waals surface area contributed by atoms with Crippen molar-refractivity contribution in [3.63, 3.8) is 0 Å². The standard InChI is InChI=1S/C19H10BrNO4/c20-11-5-6-15-12(8-11)13(18(23)21-15)9-16(22)14-7-10-3-1-2-4-17(10)25-19(14)24/h1-9H,(H,21,23)/b13-9-. The number of nitrogens with one attached hydrogen (secondary N) is 1. The van der Waals surface area contributed by atoms with Gasteiger partial charge in [0.05, 0.1) is 5.57 Å². The van der Waals surface area contributed by atoms with E-state index in [1.54, 1.807) is 42.5 Å². The molecule has 6 heteroatoms. The van der Waals surface area contributed by atoms with Crippen LogP contribution in [-0.2, 0) is 4.79 Å². The average molecular weight is 396 g/mol. The second kappa shape index (κ2) is 5.82. The molecule has 0 fully saturated rings. The lowest BCUT2D eigenvalue weighted by Gasteiger charge is -2.01. The summed E-state index contributed by atoms with van der Waals surface area (Å²) in [6.45, 7) is 0. The van der Waals surface area contributed by atoms with Crippen molar-refractivity contribution >= 4 is 49.9 Å². The molecule has 0 aliphatic carbocycles. The number of rotatable bonds is 2. The van der Waals surface area contributed by atoms with E-state index in [0.29, 0.717) is 22.2 Å². The Morgan fingerprint density at radius 2 is 1.88 bits per heavy atom. The van der Waals surface area contributed by atoms with E-state index in [2.05, 4.69) is 21.2 Å². The highest BCUT2D eigenvalue weighted by Crippen LogP contribution is 2.34. The molecule has 1 aromatic heterocycles. The molecule has 122 valence electrons. The summed E-state index contributed by atoms with van der Waals surface area (Å²) >= 11 is 3.35. The molecule has 1 aliphatic rings. The van der Waals surface area contributed by atoms with Gasteiger partial charge in [-0.25, -0.2) is 4.79 Å². The summed E-state index contributed by atoms with van der Waals surface area (Å²) in [5.74, 6) is -0.955. The van der Waals surface area contributed by atoms with Gasteiger partial charge in [-0.1, -0.05) is 34.1 Å². The van der Waals surface area contributed by atoms with Gasteiger partial charge in [0, 0.05) is 21.1 Å². The van der Waals surface area contributed by atoms with Gasteiger partial charge in [0.1, 0.15) is 11.1 Å². The smallest absolute Gasteiger partial charge is 0.347 e. The van der Waals surface area contributed by atoms with E-state index in [1.807, 2.05) is 0 Å². The third-order valence-corrected chi connectivity index (χ3v) is 4.44. The van der Waals surface area contributed by atoms with Crippen LogP contribution in [0.1, 0.15) is 15.9 Å². The van der Waals surface area contributed by atoms with Crippen molar-refractivity contribution in [3.8, 4) is 0 Å². The molecule has 1 amide bonds. The maximum Gasteiger partial charge on any atom is 0.347 e. The second-order valence-corrected chi connectivity index (χ2v) is 6.47. The quantitative estimate of drug-likeness (QED) is 0.407. The molecule has 25 heavy (non-hydrogen) atoms. The Bertz CT molecular complexity index is 1140. The number of hydrogen-bond donors (Lipinski definition) is 1. The maximum absolute atomic E-state index is 12.6. The Labute approximate surface area is 150 Å². The fraction of sp³-hybridized carbons (Fsp3) is 0. The zero-order valence-corrected chi connectivity index (χ0v) is 14.3. The Kier molecular flexibility index (Phi) is 3.62. The van der Waals surface area contributed by atoms with Gasteiger partial charge in [0.25, 0.3) is 5.91 Å². The number of fused-ring (bicyclic) bond motifs is 2. The van der Waals surface area contributed by atoms with Crippen molar-refractivity contribution < 1.29 is 14.0 Å². The molecule has 3 aromatic rings. The summed E-state index contributed by atoms with van der Waals surface area (Å²) < 4.78 is 5.96. The zero-order valence-electron chi connectivity index (χ0n) is 12.7. The molecule has 0 saturated carbocycles. The number of para-hydroxylation sites is 1. The molecule has 1 aliphatic heterocycles. The fourth-order valence-electron chi connectivity index (χ4n) is 2.75. The van der Waals surface area contributed by atoms with Crippen molar-refractivity contribution in [2.75, 3.05) is 5.32 Å². The lowest BCUT2D eigenvalue weighted by molar-refractivity contribution is -0.110. The van der Waals surface area contributed by atoms with E-state index in [1.165, 1.54) is 12.1 Å². The number of anilines is 1. The first-order chi connectivity index (χ1) is 12.0. The van der Waals surface area contributed by atoms with Crippen molar-refractivity contribution in [3.05, 3.63) is 80.6 Å². The minimum atomic E-state index is -0.728. The summed E-state index contributed by atoms with van der Waals surface area (Å²) in [7, 11) is 0. The van der Waals surface area contributed by atoms with Gasteiger partial charge in [0.2, 0.25) is 0 Å². The van der Waals surface area contributed by atoms with E-state index >= 15 is 0 Å². The Balaban J connectivity index is 1.82. The van der Waals surface area contributed by atoms with Crippen LogP contribution in [0.15, 0.2) is 68.3 Å². The Morgan fingerprint density at radius 1 is 1.08 bits per heavy atom. The summed E-state index contributed by atoms with van der Waals surface area (Å²) in [5, 5.41) is 3.34. The van der Waals surface area contributed by atoms with Crippen LogP contribution < -0.4 is 10.9 Å². The molecular formula is C19H10BrNO4. The lowest BCUT2D eigenvalue weighted by Crippen LogP contribution is -2.13. The van der Waals surface area contributed by atoms with Crippen LogP contribution >= 0.6 is 15.9 Å². The van der Waals surface area contributed by atoms with Gasteiger partial charge in [-0.2, -0.15) is 0 Å². The molecule has 0 radical (unpaired) electrons. The lowest BCUT2D eigenvalue weighted by atomic mass is 10.0. The van der Waals surface area contributed by atoms with Gasteiger partial charge >= 0.3 is 5.63 Å². The number of amides is 1. The average Bonchev–Trinajstić information content (AvgIpc) is 2.89. The topological polar surface area (TPSA) is 76.4 Å². The number of halogens is 1. The highest BCUT2D eigenvalue weighted by molar-refractivity contribution is 9.10. The molecule has 4 rings (SSSR count).